The molecule has 2 rings (SSSR count). The highest BCUT2D eigenvalue weighted by molar-refractivity contribution is 7.88. The molecular formula is C19H22Cl2N2O4S. The van der Waals surface area contributed by atoms with E-state index in [9.17, 15) is 13.2 Å². The van der Waals surface area contributed by atoms with Gasteiger partial charge >= 0.3 is 0 Å². The minimum absolute atomic E-state index is 0.00613. The van der Waals surface area contributed by atoms with Gasteiger partial charge in [-0.3, -0.25) is 4.79 Å². The molecule has 0 radical (unpaired) electrons. The minimum atomic E-state index is -3.62. The number of nitrogens with zero attached hydrogens (tertiary/aromatic N) is 1. The molecule has 0 aliphatic rings. The van der Waals surface area contributed by atoms with Crippen LogP contribution in [0.1, 0.15) is 24.1 Å². The normalized spacial score (nSPS) is 12.6. The molecule has 0 spiro atoms. The van der Waals surface area contributed by atoms with Gasteiger partial charge in [-0.1, -0.05) is 47.5 Å². The summed E-state index contributed by atoms with van der Waals surface area (Å²) in [7, 11) is -2.07. The van der Waals surface area contributed by atoms with Crippen molar-refractivity contribution in [3.63, 3.8) is 0 Å². The zero-order valence-electron chi connectivity index (χ0n) is 15.8. The molecule has 0 saturated carbocycles. The molecule has 1 atom stereocenters. The third-order valence-electron chi connectivity index (χ3n) is 4.11. The largest absolute Gasteiger partial charge is 0.496 e. The van der Waals surface area contributed by atoms with E-state index in [1.54, 1.807) is 38.3 Å². The summed E-state index contributed by atoms with van der Waals surface area (Å²) >= 11 is 11.9. The predicted molar refractivity (Wildman–Crippen MR) is 111 cm³/mol. The van der Waals surface area contributed by atoms with Crippen molar-refractivity contribution >= 4 is 39.1 Å². The van der Waals surface area contributed by atoms with Gasteiger partial charge < -0.3 is 10.1 Å². The first kappa shape index (κ1) is 22.5. The Morgan fingerprint density at radius 2 is 1.86 bits per heavy atom. The van der Waals surface area contributed by atoms with Crippen molar-refractivity contribution in [3.05, 3.63) is 63.6 Å². The molecule has 6 nitrogen and oxygen atoms in total. The van der Waals surface area contributed by atoms with Gasteiger partial charge in [0.15, 0.2) is 0 Å². The molecule has 0 heterocycles. The number of carbonyl (C=O) groups is 1. The summed E-state index contributed by atoms with van der Waals surface area (Å²) in [5.74, 6) is 0.218. The third-order valence-corrected chi connectivity index (χ3v) is 6.05. The van der Waals surface area contributed by atoms with E-state index in [-0.39, 0.29) is 19.1 Å². The molecule has 0 fully saturated rings. The fourth-order valence-corrected chi connectivity index (χ4v) is 3.74. The van der Waals surface area contributed by atoms with Crippen LogP contribution in [0.3, 0.4) is 0 Å². The van der Waals surface area contributed by atoms with Gasteiger partial charge in [-0.15, -0.1) is 0 Å². The Bertz CT molecular complexity index is 951. The number of nitrogens with one attached hydrogen (secondary N) is 1. The zero-order chi connectivity index (χ0) is 20.9. The van der Waals surface area contributed by atoms with E-state index in [1.807, 2.05) is 18.2 Å². The zero-order valence-corrected chi connectivity index (χ0v) is 18.1. The molecule has 152 valence electrons. The van der Waals surface area contributed by atoms with Crippen LogP contribution < -0.4 is 10.1 Å². The first-order valence-electron chi connectivity index (χ1n) is 8.43. The van der Waals surface area contributed by atoms with Crippen LogP contribution in [0.15, 0.2) is 42.5 Å². The van der Waals surface area contributed by atoms with Crippen LogP contribution in [-0.2, 0) is 21.4 Å². The number of rotatable bonds is 8. The summed E-state index contributed by atoms with van der Waals surface area (Å²) in [6.45, 7) is 1.49. The minimum Gasteiger partial charge on any atom is -0.496 e. The Morgan fingerprint density at radius 3 is 2.46 bits per heavy atom. The van der Waals surface area contributed by atoms with Crippen LogP contribution in [0.2, 0.25) is 10.0 Å². The monoisotopic (exact) mass is 444 g/mol. The maximum atomic E-state index is 12.5. The van der Waals surface area contributed by atoms with Crippen LogP contribution in [0, 0.1) is 0 Å². The first-order chi connectivity index (χ1) is 13.1. The third kappa shape index (κ3) is 6.10. The molecule has 28 heavy (non-hydrogen) atoms. The summed E-state index contributed by atoms with van der Waals surface area (Å²) in [6, 6.07) is 11.8. The molecule has 2 aromatic rings. The van der Waals surface area contributed by atoms with Crippen LogP contribution in [0.4, 0.5) is 0 Å². The number of benzene rings is 2. The molecule has 0 unspecified atom stereocenters. The van der Waals surface area contributed by atoms with Crippen molar-refractivity contribution in [3.8, 4) is 5.75 Å². The van der Waals surface area contributed by atoms with Gasteiger partial charge in [0.1, 0.15) is 5.75 Å². The van der Waals surface area contributed by atoms with E-state index in [1.165, 1.54) is 0 Å². The molecule has 0 aromatic heterocycles. The standard InChI is InChI=1S/C19H22Cl2N2O4S/c1-13(15-6-4-5-7-18(15)27-2)22-19(24)12-23(28(3,25)26)11-14-8-9-16(20)17(21)10-14/h4-10,13H,11-12H2,1-3H3,(H,22,24)/t13-/m0/s1. The molecular weight excluding hydrogens is 423 g/mol. The maximum Gasteiger partial charge on any atom is 0.235 e. The second-order valence-electron chi connectivity index (χ2n) is 6.31. The molecule has 0 bridgehead atoms. The van der Waals surface area contributed by atoms with Gasteiger partial charge in [-0.25, -0.2) is 8.42 Å². The van der Waals surface area contributed by atoms with E-state index in [0.717, 1.165) is 16.1 Å². The lowest BCUT2D eigenvalue weighted by Gasteiger charge is -2.22. The van der Waals surface area contributed by atoms with Crippen LogP contribution in [-0.4, -0.2) is 38.5 Å². The second kappa shape index (κ2) is 9.60. The van der Waals surface area contributed by atoms with Crippen molar-refractivity contribution < 1.29 is 17.9 Å². The van der Waals surface area contributed by atoms with Gasteiger partial charge in [0.2, 0.25) is 15.9 Å². The number of methoxy groups -OCH3 is 1. The fourth-order valence-electron chi connectivity index (χ4n) is 2.68. The average Bonchev–Trinajstić information content (AvgIpc) is 2.63. The van der Waals surface area contributed by atoms with Gasteiger partial charge in [0.25, 0.3) is 0 Å². The molecule has 0 aliphatic carbocycles. The van der Waals surface area contributed by atoms with Crippen molar-refractivity contribution in [1.29, 1.82) is 0 Å². The summed E-state index contributed by atoms with van der Waals surface area (Å²) in [4.78, 5) is 12.5. The Hall–Kier alpha value is -1.80. The lowest BCUT2D eigenvalue weighted by molar-refractivity contribution is -0.122. The molecule has 0 aliphatic heterocycles. The average molecular weight is 445 g/mol. The van der Waals surface area contributed by atoms with Gasteiger partial charge in [0, 0.05) is 12.1 Å². The fraction of sp³-hybridized carbons (Fsp3) is 0.316. The molecule has 2 aromatic carbocycles. The predicted octanol–water partition coefficient (Wildman–Crippen LogP) is 3.64. The number of hydrogen-bond acceptors (Lipinski definition) is 4. The van der Waals surface area contributed by atoms with Crippen LogP contribution >= 0.6 is 23.2 Å². The summed E-state index contributed by atoms with van der Waals surface area (Å²) in [5, 5.41) is 3.50. The lowest BCUT2D eigenvalue weighted by atomic mass is 10.1. The Balaban J connectivity index is 2.11. The van der Waals surface area contributed by atoms with E-state index < -0.39 is 15.9 Å². The smallest absolute Gasteiger partial charge is 0.235 e. The summed E-state index contributed by atoms with van der Waals surface area (Å²) in [6.07, 6.45) is 1.06. The number of ether oxygens (including phenoxy) is 1. The van der Waals surface area contributed by atoms with Gasteiger partial charge in [-0.05, 0) is 30.7 Å². The van der Waals surface area contributed by atoms with Crippen molar-refractivity contribution in [2.75, 3.05) is 19.9 Å². The summed E-state index contributed by atoms with van der Waals surface area (Å²) < 4.78 is 30.7. The number of carbonyl (C=O) groups excluding carboxylic acids is 1. The van der Waals surface area contributed by atoms with E-state index >= 15 is 0 Å². The van der Waals surface area contributed by atoms with Crippen molar-refractivity contribution in [1.82, 2.24) is 9.62 Å². The Kier molecular flexibility index (Phi) is 7.71. The van der Waals surface area contributed by atoms with Crippen LogP contribution in [0.5, 0.6) is 5.75 Å². The van der Waals surface area contributed by atoms with Crippen LogP contribution in [0.25, 0.3) is 0 Å². The SMILES string of the molecule is COc1ccccc1[C@H](C)NC(=O)CN(Cc1ccc(Cl)c(Cl)c1)S(C)(=O)=O. The number of amides is 1. The van der Waals surface area contributed by atoms with E-state index in [0.29, 0.717) is 21.4 Å². The maximum absolute atomic E-state index is 12.5. The quantitative estimate of drug-likeness (QED) is 0.673. The van der Waals surface area contributed by atoms with Gasteiger partial charge in [-0.2, -0.15) is 4.31 Å². The number of hydrogen-bond donors (Lipinski definition) is 1. The highest BCUT2D eigenvalue weighted by atomic mass is 35.5. The van der Waals surface area contributed by atoms with Crippen molar-refractivity contribution in [2.45, 2.75) is 19.5 Å². The summed E-state index contributed by atoms with van der Waals surface area (Å²) in [5.41, 5.74) is 1.43. The Morgan fingerprint density at radius 1 is 1.18 bits per heavy atom. The second-order valence-corrected chi connectivity index (χ2v) is 9.11. The molecule has 1 amide bonds. The number of para-hydroxylation sites is 1. The molecule has 9 heteroatoms. The number of halogens is 2. The first-order valence-corrected chi connectivity index (χ1v) is 11.0. The number of sulfonamides is 1. The van der Waals surface area contributed by atoms with Crippen molar-refractivity contribution in [2.24, 2.45) is 0 Å². The highest BCUT2D eigenvalue weighted by Crippen LogP contribution is 2.25. The molecule has 1 N–H and O–H groups in total. The molecule has 0 saturated heterocycles. The van der Waals surface area contributed by atoms with E-state index in [2.05, 4.69) is 5.32 Å². The lowest BCUT2D eigenvalue weighted by Crippen LogP contribution is -2.40. The highest BCUT2D eigenvalue weighted by Gasteiger charge is 2.22. The van der Waals surface area contributed by atoms with E-state index in [4.69, 9.17) is 27.9 Å². The topological polar surface area (TPSA) is 75.7 Å². The Labute approximate surface area is 175 Å². The van der Waals surface area contributed by atoms with Gasteiger partial charge in [0.05, 0.1) is 36.0 Å².